The summed E-state index contributed by atoms with van der Waals surface area (Å²) in [5.41, 5.74) is 5.04. The van der Waals surface area contributed by atoms with E-state index in [0.717, 1.165) is 73.1 Å². The van der Waals surface area contributed by atoms with E-state index >= 15 is 0 Å². The number of benzene rings is 2. The first-order valence-corrected chi connectivity index (χ1v) is 19.9. The van der Waals surface area contributed by atoms with E-state index in [0.29, 0.717) is 49.2 Å². The van der Waals surface area contributed by atoms with Gasteiger partial charge in [0.05, 0.1) is 0 Å². The van der Waals surface area contributed by atoms with Gasteiger partial charge in [0.1, 0.15) is 17.1 Å². The van der Waals surface area contributed by atoms with Crippen LogP contribution in [0.3, 0.4) is 0 Å². The first-order valence-electron chi connectivity index (χ1n) is 19.9. The molecule has 3 heterocycles. The molecule has 2 fully saturated rings. The van der Waals surface area contributed by atoms with Gasteiger partial charge in [-0.1, -0.05) is 30.3 Å². The number of anilines is 1. The van der Waals surface area contributed by atoms with Crippen molar-refractivity contribution in [3.05, 3.63) is 83.2 Å². The van der Waals surface area contributed by atoms with E-state index in [1.54, 1.807) is 0 Å². The Morgan fingerprint density at radius 3 is 2.23 bits per heavy atom. The van der Waals surface area contributed by atoms with Crippen LogP contribution >= 0.6 is 0 Å². The highest BCUT2D eigenvalue weighted by molar-refractivity contribution is 6.01. The summed E-state index contributed by atoms with van der Waals surface area (Å²) in [7, 11) is 2.09. The standard InChI is InChI=1S/C44H55N7O5/c1-28-37(18-19-38(48-28)40(53)23-31-20-21-51(5)26-31)32-10-6-29(7-11-32)22-35(42(54)49-36-16-14-34(15-17-36)41-46-27-47-50-41)24-39(52)33-12-8-30(9-13-33)25-45-43(55)56-44(2,3)4/h6-7,10-11,14-19,30-31,33,35H,8-9,12-13,20-27H2,1-5H3,(H,45,55)(H,49,54)/t30?,31-,33?,35+/m0/s1. The van der Waals surface area contributed by atoms with Gasteiger partial charge in [0.15, 0.2) is 18.3 Å². The number of ketones is 2. The van der Waals surface area contributed by atoms with E-state index in [1.807, 2.05) is 88.4 Å². The molecule has 1 saturated carbocycles. The highest BCUT2D eigenvalue weighted by Gasteiger charge is 2.31. The number of aromatic nitrogens is 1. The number of likely N-dealkylation sites (tertiary alicyclic amines) is 1. The fraction of sp³-hybridized carbons (Fsp3) is 0.500. The minimum absolute atomic E-state index is 0.0861. The van der Waals surface area contributed by atoms with Gasteiger partial charge in [-0.25, -0.2) is 14.8 Å². The second kappa shape index (κ2) is 18.2. The Morgan fingerprint density at radius 2 is 1.61 bits per heavy atom. The van der Waals surface area contributed by atoms with Gasteiger partial charge in [0.25, 0.3) is 0 Å². The van der Waals surface area contributed by atoms with Crippen molar-refractivity contribution in [3.8, 4) is 11.1 Å². The average Bonchev–Trinajstić information content (AvgIpc) is 3.86. The SMILES string of the molecule is Cc1nc(C(=O)C[C@@H]2CCN(C)C2)ccc1-c1ccc(C[C@H](CC(=O)C2CCC(CNC(=O)OC(C)(C)C)CC2)C(=O)Nc2ccc(C3=NCN=N3)cc2)cc1. The van der Waals surface area contributed by atoms with Crippen molar-refractivity contribution in [1.29, 1.82) is 0 Å². The van der Waals surface area contributed by atoms with Crippen molar-refractivity contribution >= 4 is 35.1 Å². The van der Waals surface area contributed by atoms with Crippen molar-refractivity contribution in [2.75, 3.05) is 38.7 Å². The number of carbonyl (C=O) groups excluding carboxylic acids is 4. The number of hydrogen-bond donors (Lipinski definition) is 2. The van der Waals surface area contributed by atoms with Crippen LogP contribution in [-0.4, -0.2) is 78.2 Å². The normalized spacial score (nSPS) is 20.3. The van der Waals surface area contributed by atoms with Gasteiger partial charge in [-0.3, -0.25) is 14.4 Å². The summed E-state index contributed by atoms with van der Waals surface area (Å²) in [5, 5.41) is 13.9. The summed E-state index contributed by atoms with van der Waals surface area (Å²) in [5.74, 6) is 0.472. The molecule has 12 nitrogen and oxygen atoms in total. The molecule has 6 rings (SSSR count). The molecule has 0 spiro atoms. The molecule has 2 N–H and O–H groups in total. The zero-order chi connectivity index (χ0) is 39.8. The molecule has 2 aromatic carbocycles. The Morgan fingerprint density at radius 1 is 0.893 bits per heavy atom. The van der Waals surface area contributed by atoms with Crippen LogP contribution in [0.4, 0.5) is 10.5 Å². The fourth-order valence-electron chi connectivity index (χ4n) is 7.91. The van der Waals surface area contributed by atoms with E-state index in [-0.39, 0.29) is 35.7 Å². The zero-order valence-corrected chi connectivity index (χ0v) is 33.3. The third-order valence-corrected chi connectivity index (χ3v) is 11.0. The molecule has 0 radical (unpaired) electrons. The molecular formula is C44H55N7O5. The van der Waals surface area contributed by atoms with E-state index in [4.69, 9.17) is 9.72 Å². The number of aryl methyl sites for hydroxylation is 1. The lowest BCUT2D eigenvalue weighted by atomic mass is 9.77. The topological polar surface area (TPSA) is 155 Å². The van der Waals surface area contributed by atoms with E-state index < -0.39 is 17.6 Å². The van der Waals surface area contributed by atoms with E-state index in [9.17, 15) is 19.2 Å². The Balaban J connectivity index is 1.10. The molecule has 2 aliphatic heterocycles. The second-order valence-corrected chi connectivity index (χ2v) is 16.7. The maximum atomic E-state index is 13.9. The summed E-state index contributed by atoms with van der Waals surface area (Å²) in [4.78, 5) is 64.1. The molecule has 296 valence electrons. The van der Waals surface area contributed by atoms with Gasteiger partial charge in [-0.05, 0) is 133 Å². The summed E-state index contributed by atoms with van der Waals surface area (Å²) in [6.45, 7) is 10.2. The van der Waals surface area contributed by atoms with Crippen molar-refractivity contribution in [2.24, 2.45) is 38.9 Å². The average molecular weight is 762 g/mol. The third kappa shape index (κ3) is 11.2. The lowest BCUT2D eigenvalue weighted by Gasteiger charge is -2.29. The highest BCUT2D eigenvalue weighted by atomic mass is 16.6. The second-order valence-electron chi connectivity index (χ2n) is 16.7. The number of hydrogen-bond acceptors (Lipinski definition) is 10. The van der Waals surface area contributed by atoms with Crippen LogP contribution in [0.25, 0.3) is 11.1 Å². The molecule has 56 heavy (non-hydrogen) atoms. The molecule has 0 unspecified atom stereocenters. The minimum atomic E-state index is -0.582. The van der Waals surface area contributed by atoms with Crippen LogP contribution in [0, 0.1) is 30.6 Å². The molecule has 3 aromatic rings. The molecule has 1 saturated heterocycles. The van der Waals surface area contributed by atoms with E-state index in [1.165, 1.54) is 0 Å². The lowest BCUT2D eigenvalue weighted by Crippen LogP contribution is -2.37. The highest BCUT2D eigenvalue weighted by Crippen LogP contribution is 2.32. The largest absolute Gasteiger partial charge is 0.444 e. The number of rotatable bonds is 14. The number of amidine groups is 1. The number of amides is 2. The van der Waals surface area contributed by atoms with Gasteiger partial charge >= 0.3 is 6.09 Å². The number of pyridine rings is 1. The number of nitrogens with one attached hydrogen (secondary N) is 2. The molecule has 3 aliphatic rings. The van der Waals surface area contributed by atoms with Crippen LogP contribution in [0.15, 0.2) is 75.9 Å². The summed E-state index contributed by atoms with van der Waals surface area (Å²) in [6.07, 6.45) is 4.74. The summed E-state index contributed by atoms with van der Waals surface area (Å²) >= 11 is 0. The third-order valence-electron chi connectivity index (χ3n) is 11.0. The summed E-state index contributed by atoms with van der Waals surface area (Å²) in [6, 6.07) is 19.2. The van der Waals surface area contributed by atoms with Crippen molar-refractivity contribution in [1.82, 2.24) is 15.2 Å². The lowest BCUT2D eigenvalue weighted by molar-refractivity contribution is -0.129. The van der Waals surface area contributed by atoms with Crippen molar-refractivity contribution in [2.45, 2.75) is 84.7 Å². The Kier molecular flexibility index (Phi) is 13.2. The Bertz CT molecular complexity index is 1940. The van der Waals surface area contributed by atoms with Gasteiger partial charge in [0, 0.05) is 60.3 Å². The van der Waals surface area contributed by atoms with Crippen molar-refractivity contribution in [3.63, 3.8) is 0 Å². The number of alkyl carbamates (subject to hydrolysis) is 1. The molecule has 12 heteroatoms. The first-order chi connectivity index (χ1) is 26.8. The smallest absolute Gasteiger partial charge is 0.407 e. The summed E-state index contributed by atoms with van der Waals surface area (Å²) < 4.78 is 5.37. The maximum absolute atomic E-state index is 13.9. The number of nitrogens with zero attached hydrogens (tertiary/aromatic N) is 5. The van der Waals surface area contributed by atoms with Crippen LogP contribution in [-0.2, 0) is 20.7 Å². The van der Waals surface area contributed by atoms with Crippen molar-refractivity contribution < 1.29 is 23.9 Å². The minimum Gasteiger partial charge on any atom is -0.444 e. The molecule has 1 aromatic heterocycles. The number of Topliss-reactive ketones (excluding diaryl/α,β-unsaturated/α-hetero) is 2. The molecule has 1 aliphatic carbocycles. The van der Waals surface area contributed by atoms with Crippen LogP contribution in [0.1, 0.15) is 93.0 Å². The van der Waals surface area contributed by atoms with Gasteiger partial charge < -0.3 is 20.3 Å². The predicted octanol–water partition coefficient (Wildman–Crippen LogP) is 7.84. The number of aliphatic imine (C=N–C) groups is 1. The Hall–Kier alpha value is -5.10. The van der Waals surface area contributed by atoms with Gasteiger partial charge in [-0.15, -0.1) is 5.11 Å². The molecule has 2 atom stereocenters. The molecule has 0 bridgehead atoms. The number of ether oxygens (including phenoxy) is 1. The fourth-order valence-corrected chi connectivity index (χ4v) is 7.91. The maximum Gasteiger partial charge on any atom is 0.407 e. The monoisotopic (exact) mass is 761 g/mol. The van der Waals surface area contributed by atoms with Crippen LogP contribution < -0.4 is 10.6 Å². The number of carbonyl (C=O) groups is 4. The van der Waals surface area contributed by atoms with Gasteiger partial charge in [-0.2, -0.15) is 5.11 Å². The predicted molar refractivity (Wildman–Crippen MR) is 217 cm³/mol. The molecule has 2 amide bonds. The number of azo groups is 1. The van der Waals surface area contributed by atoms with Crippen LogP contribution in [0.5, 0.6) is 0 Å². The quantitative estimate of drug-likeness (QED) is 0.159. The Labute approximate surface area is 330 Å². The molecular weight excluding hydrogens is 707 g/mol. The van der Waals surface area contributed by atoms with E-state index in [2.05, 4.69) is 37.8 Å². The van der Waals surface area contributed by atoms with Gasteiger partial charge in [0.2, 0.25) is 5.91 Å². The zero-order valence-electron chi connectivity index (χ0n) is 33.3. The van der Waals surface area contributed by atoms with Crippen LogP contribution in [0.2, 0.25) is 0 Å². The first kappa shape index (κ1) is 40.6.